The third kappa shape index (κ3) is 4.83. The second kappa shape index (κ2) is 8.90. The minimum Gasteiger partial charge on any atom is -0.339 e. The first-order chi connectivity index (χ1) is 12.9. The van der Waals surface area contributed by atoms with E-state index in [9.17, 15) is 13.2 Å². The molecule has 0 N–H and O–H groups in total. The number of amides is 1. The maximum absolute atomic E-state index is 12.7. The molecule has 1 aromatic carbocycles. The lowest BCUT2D eigenvalue weighted by atomic mass is 10.00. The second-order valence-electron chi connectivity index (χ2n) is 7.28. The van der Waals surface area contributed by atoms with Gasteiger partial charge in [0.05, 0.1) is 11.4 Å². The molecule has 0 unspecified atom stereocenters. The molecule has 150 valence electrons. The summed E-state index contributed by atoms with van der Waals surface area (Å²) in [7, 11) is -3.51. The van der Waals surface area contributed by atoms with Crippen LogP contribution < -0.4 is 0 Å². The maximum atomic E-state index is 12.7. The van der Waals surface area contributed by atoms with Crippen LogP contribution >= 0.6 is 11.6 Å². The molecule has 2 fully saturated rings. The zero-order chi connectivity index (χ0) is 19.4. The summed E-state index contributed by atoms with van der Waals surface area (Å²) in [6.45, 7) is 5.31. The van der Waals surface area contributed by atoms with E-state index < -0.39 is 10.0 Å². The maximum Gasteiger partial charge on any atom is 0.243 e. The molecule has 0 saturated carbocycles. The Morgan fingerprint density at radius 2 is 1.74 bits per heavy atom. The molecule has 0 aromatic heterocycles. The van der Waals surface area contributed by atoms with Crippen LogP contribution in [0.4, 0.5) is 0 Å². The predicted octanol–water partition coefficient (Wildman–Crippen LogP) is 2.44. The SMILES string of the molecule is CC[C@@H]1CCCCN1C(=O)CN1CCN(S(=O)(=O)c2ccc(Cl)cc2)CC1. The number of nitrogens with zero attached hydrogens (tertiary/aromatic N) is 3. The molecule has 2 heterocycles. The number of carbonyl (C=O) groups excluding carboxylic acids is 1. The zero-order valence-corrected chi connectivity index (χ0v) is 17.4. The van der Waals surface area contributed by atoms with Crippen LogP contribution in [0.2, 0.25) is 5.02 Å². The normalized spacial score (nSPS) is 22.7. The molecule has 8 heteroatoms. The van der Waals surface area contributed by atoms with Gasteiger partial charge in [-0.2, -0.15) is 4.31 Å². The third-order valence-electron chi connectivity index (χ3n) is 5.56. The van der Waals surface area contributed by atoms with Crippen LogP contribution in [-0.2, 0) is 14.8 Å². The summed E-state index contributed by atoms with van der Waals surface area (Å²) in [6.07, 6.45) is 4.37. The summed E-state index contributed by atoms with van der Waals surface area (Å²) >= 11 is 5.85. The summed E-state index contributed by atoms with van der Waals surface area (Å²) in [5.41, 5.74) is 0. The number of hydrogen-bond donors (Lipinski definition) is 0. The number of sulfonamides is 1. The van der Waals surface area contributed by atoms with Crippen LogP contribution in [0.3, 0.4) is 0 Å². The Morgan fingerprint density at radius 1 is 1.07 bits per heavy atom. The predicted molar refractivity (Wildman–Crippen MR) is 106 cm³/mol. The van der Waals surface area contributed by atoms with E-state index in [-0.39, 0.29) is 10.8 Å². The minimum absolute atomic E-state index is 0.176. The Morgan fingerprint density at radius 3 is 2.37 bits per heavy atom. The van der Waals surface area contributed by atoms with Crippen LogP contribution in [0.25, 0.3) is 0 Å². The first-order valence-electron chi connectivity index (χ1n) is 9.69. The Labute approximate surface area is 167 Å². The number of piperazine rings is 1. The Hall–Kier alpha value is -1.15. The van der Waals surface area contributed by atoms with E-state index in [0.717, 1.165) is 25.8 Å². The summed E-state index contributed by atoms with van der Waals surface area (Å²) in [5, 5.41) is 0.514. The van der Waals surface area contributed by atoms with Crippen molar-refractivity contribution in [2.75, 3.05) is 39.3 Å². The smallest absolute Gasteiger partial charge is 0.243 e. The van der Waals surface area contributed by atoms with E-state index in [0.29, 0.717) is 43.8 Å². The summed E-state index contributed by atoms with van der Waals surface area (Å²) < 4.78 is 27.0. The van der Waals surface area contributed by atoms with Crippen molar-refractivity contribution in [2.45, 2.75) is 43.5 Å². The third-order valence-corrected chi connectivity index (χ3v) is 7.73. The molecule has 1 atom stereocenters. The average molecular weight is 414 g/mol. The standard InChI is InChI=1S/C19H28ClN3O3S/c1-2-17-5-3-4-10-23(17)19(24)15-21-11-13-22(14-12-21)27(25,26)18-8-6-16(20)7-9-18/h6-9,17H,2-5,10-15H2,1H3/t17-/m1/s1. The van der Waals surface area contributed by atoms with E-state index in [4.69, 9.17) is 11.6 Å². The Kier molecular flexibility index (Phi) is 6.78. The highest BCUT2D eigenvalue weighted by Gasteiger charge is 2.31. The summed E-state index contributed by atoms with van der Waals surface area (Å²) in [6, 6.07) is 6.61. The van der Waals surface area contributed by atoms with E-state index in [2.05, 4.69) is 11.8 Å². The van der Waals surface area contributed by atoms with Crippen LogP contribution in [-0.4, -0.2) is 73.7 Å². The van der Waals surface area contributed by atoms with Gasteiger partial charge in [0.2, 0.25) is 15.9 Å². The molecule has 6 nitrogen and oxygen atoms in total. The highest BCUT2D eigenvalue weighted by Crippen LogP contribution is 2.21. The number of hydrogen-bond acceptors (Lipinski definition) is 4. The molecule has 2 aliphatic heterocycles. The second-order valence-corrected chi connectivity index (χ2v) is 9.65. The fourth-order valence-electron chi connectivity index (χ4n) is 3.92. The molecule has 27 heavy (non-hydrogen) atoms. The lowest BCUT2D eigenvalue weighted by Crippen LogP contribution is -2.53. The number of benzene rings is 1. The van der Waals surface area contributed by atoms with Gasteiger partial charge < -0.3 is 4.90 Å². The molecule has 2 aliphatic rings. The molecule has 1 aromatic rings. The van der Waals surface area contributed by atoms with Gasteiger partial charge in [0.1, 0.15) is 0 Å². The minimum atomic E-state index is -3.51. The van der Waals surface area contributed by atoms with Crippen molar-refractivity contribution in [1.29, 1.82) is 0 Å². The van der Waals surface area contributed by atoms with Crippen molar-refractivity contribution >= 4 is 27.5 Å². The van der Waals surface area contributed by atoms with E-state index in [1.807, 2.05) is 4.90 Å². The van der Waals surface area contributed by atoms with Crippen molar-refractivity contribution < 1.29 is 13.2 Å². The Balaban J connectivity index is 1.55. The van der Waals surface area contributed by atoms with Crippen LogP contribution in [0, 0.1) is 0 Å². The largest absolute Gasteiger partial charge is 0.339 e. The highest BCUT2D eigenvalue weighted by atomic mass is 35.5. The fourth-order valence-corrected chi connectivity index (χ4v) is 5.47. The highest BCUT2D eigenvalue weighted by molar-refractivity contribution is 7.89. The van der Waals surface area contributed by atoms with Crippen LogP contribution in [0.15, 0.2) is 29.2 Å². The van der Waals surface area contributed by atoms with E-state index in [1.54, 1.807) is 12.1 Å². The van der Waals surface area contributed by atoms with Gasteiger partial charge in [-0.3, -0.25) is 9.69 Å². The Bertz CT molecular complexity index is 746. The number of likely N-dealkylation sites (tertiary alicyclic amines) is 1. The zero-order valence-electron chi connectivity index (χ0n) is 15.8. The van der Waals surface area contributed by atoms with Gasteiger partial charge in [0.25, 0.3) is 0 Å². The van der Waals surface area contributed by atoms with Gasteiger partial charge in [-0.15, -0.1) is 0 Å². The molecular weight excluding hydrogens is 386 g/mol. The number of piperidine rings is 1. The molecule has 0 spiro atoms. The average Bonchev–Trinajstić information content (AvgIpc) is 2.68. The van der Waals surface area contributed by atoms with Gasteiger partial charge in [-0.1, -0.05) is 18.5 Å². The molecule has 0 aliphatic carbocycles. The molecule has 0 bridgehead atoms. The molecule has 2 saturated heterocycles. The van der Waals surface area contributed by atoms with Gasteiger partial charge in [0, 0.05) is 43.8 Å². The summed E-state index contributed by atoms with van der Waals surface area (Å²) in [4.78, 5) is 17.1. The summed E-state index contributed by atoms with van der Waals surface area (Å²) in [5.74, 6) is 0.176. The lowest BCUT2D eigenvalue weighted by molar-refractivity contribution is -0.136. The number of rotatable bonds is 5. The van der Waals surface area contributed by atoms with Crippen molar-refractivity contribution in [3.63, 3.8) is 0 Å². The van der Waals surface area contributed by atoms with Gasteiger partial charge in [0.15, 0.2) is 0 Å². The molecule has 3 rings (SSSR count). The first kappa shape index (κ1) is 20.6. The number of carbonyl (C=O) groups is 1. The van der Waals surface area contributed by atoms with E-state index >= 15 is 0 Å². The van der Waals surface area contributed by atoms with Crippen molar-refractivity contribution in [3.8, 4) is 0 Å². The molecule has 1 amide bonds. The van der Waals surface area contributed by atoms with Gasteiger partial charge in [-0.05, 0) is 49.9 Å². The topological polar surface area (TPSA) is 60.9 Å². The quantitative estimate of drug-likeness (QED) is 0.743. The van der Waals surface area contributed by atoms with Gasteiger partial charge >= 0.3 is 0 Å². The first-order valence-corrected chi connectivity index (χ1v) is 11.5. The van der Waals surface area contributed by atoms with E-state index in [1.165, 1.54) is 22.9 Å². The van der Waals surface area contributed by atoms with Crippen LogP contribution in [0.5, 0.6) is 0 Å². The molecular formula is C19H28ClN3O3S. The van der Waals surface area contributed by atoms with Crippen molar-refractivity contribution in [3.05, 3.63) is 29.3 Å². The van der Waals surface area contributed by atoms with Crippen molar-refractivity contribution in [2.24, 2.45) is 0 Å². The van der Waals surface area contributed by atoms with Crippen LogP contribution in [0.1, 0.15) is 32.6 Å². The lowest BCUT2D eigenvalue weighted by Gasteiger charge is -2.38. The number of halogens is 1. The monoisotopic (exact) mass is 413 g/mol. The fraction of sp³-hybridized carbons (Fsp3) is 0.632. The molecule has 0 radical (unpaired) electrons. The van der Waals surface area contributed by atoms with Gasteiger partial charge in [-0.25, -0.2) is 8.42 Å². The van der Waals surface area contributed by atoms with Crippen molar-refractivity contribution in [1.82, 2.24) is 14.1 Å².